The van der Waals surface area contributed by atoms with E-state index in [4.69, 9.17) is 23.2 Å². The number of nitrogens with one attached hydrogen (secondary N) is 1. The minimum atomic E-state index is -3.54. The van der Waals surface area contributed by atoms with Crippen molar-refractivity contribution < 1.29 is 8.42 Å². The number of unbranched alkanes of at least 4 members (excludes halogenated alkanes) is 3. The third-order valence-corrected chi connectivity index (χ3v) is 4.52. The van der Waals surface area contributed by atoms with E-state index >= 15 is 0 Å². The van der Waals surface area contributed by atoms with E-state index < -0.39 is 10.0 Å². The van der Waals surface area contributed by atoms with Gasteiger partial charge < -0.3 is 0 Å². The summed E-state index contributed by atoms with van der Waals surface area (Å²) in [5.41, 5.74) is 0. The minimum absolute atomic E-state index is 0.0346. The average molecular weight is 311 g/mol. The summed E-state index contributed by atoms with van der Waals surface area (Å²) in [6.07, 6.45) is 5.25. The smallest absolute Gasteiger partial charge is 0.242 e. The molecule has 0 aliphatic carbocycles. The molecular weight excluding hydrogens is 295 g/mol. The molecule has 4 nitrogen and oxygen atoms in total. The molecule has 102 valence electrons. The molecule has 0 spiro atoms. The first-order chi connectivity index (χ1) is 8.47. The first kappa shape index (κ1) is 15.7. The minimum Gasteiger partial charge on any atom is -0.242 e. The van der Waals surface area contributed by atoms with Gasteiger partial charge in [-0.2, -0.15) is 0 Å². The summed E-state index contributed by atoms with van der Waals surface area (Å²) in [6, 6.07) is 1.30. The standard InChI is InChI=1S/C11H16Cl2N2O2S/c1-2-3-4-5-6-15-18(16,17)9-7-10(12)11(13)14-8-9/h7-8,15H,2-6H2,1H3. The number of rotatable bonds is 7. The molecule has 1 N–H and O–H groups in total. The molecule has 0 aliphatic heterocycles. The van der Waals surface area contributed by atoms with Crippen LogP contribution in [0.3, 0.4) is 0 Å². The van der Waals surface area contributed by atoms with Crippen molar-refractivity contribution in [1.29, 1.82) is 0 Å². The first-order valence-electron chi connectivity index (χ1n) is 5.78. The van der Waals surface area contributed by atoms with Crippen LogP contribution in [0.2, 0.25) is 10.2 Å². The fourth-order valence-electron chi connectivity index (χ4n) is 1.39. The first-order valence-corrected chi connectivity index (χ1v) is 8.02. The number of hydrogen-bond donors (Lipinski definition) is 1. The average Bonchev–Trinajstić information content (AvgIpc) is 2.32. The van der Waals surface area contributed by atoms with Crippen molar-refractivity contribution in [1.82, 2.24) is 9.71 Å². The van der Waals surface area contributed by atoms with Crippen molar-refractivity contribution in [3.8, 4) is 0 Å². The second-order valence-corrected chi connectivity index (χ2v) is 6.43. The summed E-state index contributed by atoms with van der Waals surface area (Å²) < 4.78 is 26.3. The van der Waals surface area contributed by atoms with E-state index in [1.807, 2.05) is 0 Å². The largest absolute Gasteiger partial charge is 0.242 e. The summed E-state index contributed by atoms with van der Waals surface area (Å²) in [5, 5.41) is 0.226. The molecule has 0 aromatic carbocycles. The number of halogens is 2. The van der Waals surface area contributed by atoms with Gasteiger partial charge in [0.25, 0.3) is 0 Å². The van der Waals surface area contributed by atoms with E-state index in [1.165, 1.54) is 12.3 Å². The van der Waals surface area contributed by atoms with Gasteiger partial charge in [-0.25, -0.2) is 18.1 Å². The van der Waals surface area contributed by atoms with Gasteiger partial charge in [0.05, 0.1) is 5.02 Å². The molecule has 7 heteroatoms. The van der Waals surface area contributed by atoms with Gasteiger partial charge in [0, 0.05) is 12.7 Å². The van der Waals surface area contributed by atoms with Crippen molar-refractivity contribution in [3.05, 3.63) is 22.4 Å². The Bertz CT molecular complexity index is 492. The monoisotopic (exact) mass is 310 g/mol. The number of pyridine rings is 1. The van der Waals surface area contributed by atoms with E-state index in [0.717, 1.165) is 25.7 Å². The van der Waals surface area contributed by atoms with Crippen molar-refractivity contribution in [2.24, 2.45) is 0 Å². The normalized spacial score (nSPS) is 11.7. The second kappa shape index (κ2) is 7.28. The molecule has 0 aliphatic rings. The van der Waals surface area contributed by atoms with Gasteiger partial charge >= 0.3 is 0 Å². The van der Waals surface area contributed by atoms with Gasteiger partial charge in [-0.1, -0.05) is 49.4 Å². The van der Waals surface area contributed by atoms with E-state index in [1.54, 1.807) is 0 Å². The van der Waals surface area contributed by atoms with Gasteiger partial charge in [0.15, 0.2) is 0 Å². The van der Waals surface area contributed by atoms with Crippen molar-refractivity contribution >= 4 is 33.2 Å². The zero-order valence-electron chi connectivity index (χ0n) is 10.1. The summed E-state index contributed by atoms with van der Waals surface area (Å²) in [4.78, 5) is 3.75. The van der Waals surface area contributed by atoms with Crippen LogP contribution in [0.4, 0.5) is 0 Å². The molecule has 1 rings (SSSR count). The molecule has 1 aromatic heterocycles. The predicted octanol–water partition coefficient (Wildman–Crippen LogP) is 3.25. The third-order valence-electron chi connectivity index (χ3n) is 2.40. The molecule has 0 amide bonds. The molecule has 0 fully saturated rings. The van der Waals surface area contributed by atoms with Crippen LogP contribution in [0, 0.1) is 0 Å². The lowest BCUT2D eigenvalue weighted by molar-refractivity contribution is 0.573. The molecule has 1 aromatic rings. The van der Waals surface area contributed by atoms with Crippen LogP contribution >= 0.6 is 23.2 Å². The lowest BCUT2D eigenvalue weighted by atomic mass is 10.2. The highest BCUT2D eigenvalue weighted by molar-refractivity contribution is 7.89. The van der Waals surface area contributed by atoms with Crippen LogP contribution in [-0.2, 0) is 10.0 Å². The van der Waals surface area contributed by atoms with E-state index in [-0.39, 0.29) is 15.1 Å². The molecule has 0 saturated heterocycles. The van der Waals surface area contributed by atoms with E-state index in [9.17, 15) is 8.42 Å². The van der Waals surface area contributed by atoms with Crippen molar-refractivity contribution in [2.75, 3.05) is 6.54 Å². The van der Waals surface area contributed by atoms with Crippen molar-refractivity contribution in [3.63, 3.8) is 0 Å². The summed E-state index contributed by atoms with van der Waals surface area (Å²) >= 11 is 11.4. The molecule has 1 heterocycles. The van der Waals surface area contributed by atoms with Crippen molar-refractivity contribution in [2.45, 2.75) is 37.5 Å². The molecule has 0 saturated carbocycles. The van der Waals surface area contributed by atoms with Crippen LogP contribution in [0.1, 0.15) is 32.6 Å². The van der Waals surface area contributed by atoms with E-state index in [2.05, 4.69) is 16.6 Å². The molecule has 0 atom stereocenters. The van der Waals surface area contributed by atoms with Crippen LogP contribution in [-0.4, -0.2) is 19.9 Å². The maximum Gasteiger partial charge on any atom is 0.242 e. The second-order valence-electron chi connectivity index (χ2n) is 3.90. The molecule has 0 unspecified atom stereocenters. The molecule has 0 bridgehead atoms. The third kappa shape index (κ3) is 4.72. The summed E-state index contributed by atoms with van der Waals surface area (Å²) in [6.45, 7) is 2.52. The lowest BCUT2D eigenvalue weighted by Crippen LogP contribution is -2.24. The molecule has 18 heavy (non-hydrogen) atoms. The summed E-state index contributed by atoms with van der Waals surface area (Å²) in [7, 11) is -3.54. The van der Waals surface area contributed by atoms with E-state index in [0.29, 0.717) is 6.54 Å². The number of sulfonamides is 1. The summed E-state index contributed by atoms with van der Waals surface area (Å²) in [5.74, 6) is 0. The number of nitrogens with zero attached hydrogens (tertiary/aromatic N) is 1. The zero-order valence-corrected chi connectivity index (χ0v) is 12.4. The van der Waals surface area contributed by atoms with Crippen LogP contribution in [0.15, 0.2) is 17.2 Å². The highest BCUT2D eigenvalue weighted by atomic mass is 35.5. The molecule has 0 radical (unpaired) electrons. The lowest BCUT2D eigenvalue weighted by Gasteiger charge is -2.06. The Balaban J connectivity index is 2.60. The Morgan fingerprint density at radius 1 is 1.28 bits per heavy atom. The SMILES string of the molecule is CCCCCCNS(=O)(=O)c1cnc(Cl)c(Cl)c1. The predicted molar refractivity (Wildman–Crippen MR) is 73.6 cm³/mol. The van der Waals surface area contributed by atoms with Gasteiger partial charge in [-0.3, -0.25) is 0 Å². The van der Waals surface area contributed by atoms with Crippen LogP contribution in [0.5, 0.6) is 0 Å². The van der Waals surface area contributed by atoms with Crippen LogP contribution < -0.4 is 4.72 Å². The Labute approximate surface area is 118 Å². The highest BCUT2D eigenvalue weighted by Crippen LogP contribution is 2.21. The van der Waals surface area contributed by atoms with Gasteiger partial charge in [0.2, 0.25) is 10.0 Å². The maximum atomic E-state index is 11.9. The van der Waals surface area contributed by atoms with Crippen LogP contribution in [0.25, 0.3) is 0 Å². The Hall–Kier alpha value is -0.360. The Kier molecular flexibility index (Phi) is 6.35. The zero-order chi connectivity index (χ0) is 13.6. The number of hydrogen-bond acceptors (Lipinski definition) is 3. The number of aromatic nitrogens is 1. The quantitative estimate of drug-likeness (QED) is 0.621. The Morgan fingerprint density at radius 3 is 2.61 bits per heavy atom. The Morgan fingerprint density at radius 2 is 2.00 bits per heavy atom. The fourth-order valence-corrected chi connectivity index (χ4v) is 2.77. The highest BCUT2D eigenvalue weighted by Gasteiger charge is 2.15. The van der Waals surface area contributed by atoms with Gasteiger partial charge in [0.1, 0.15) is 10.0 Å². The van der Waals surface area contributed by atoms with Gasteiger partial charge in [-0.05, 0) is 12.5 Å². The molecular formula is C11H16Cl2N2O2S. The maximum absolute atomic E-state index is 11.9. The van der Waals surface area contributed by atoms with Gasteiger partial charge in [-0.15, -0.1) is 0 Å². The fraction of sp³-hybridized carbons (Fsp3) is 0.545. The topological polar surface area (TPSA) is 59.1 Å².